The summed E-state index contributed by atoms with van der Waals surface area (Å²) in [7, 11) is -3.52. The van der Waals surface area contributed by atoms with Crippen LogP contribution in [0.3, 0.4) is 0 Å². The summed E-state index contributed by atoms with van der Waals surface area (Å²) < 4.78 is 26.9. The van der Waals surface area contributed by atoms with Crippen LogP contribution < -0.4 is 10.5 Å². The fourth-order valence-electron chi connectivity index (χ4n) is 1.64. The highest BCUT2D eigenvalue weighted by Gasteiger charge is 2.18. The molecule has 0 amide bonds. The normalized spacial score (nSPS) is 11.4. The molecule has 1 heterocycles. The Hall–Kier alpha value is -1.53. The fourth-order valence-corrected chi connectivity index (χ4v) is 4.25. The van der Waals surface area contributed by atoms with Crippen LogP contribution in [0.4, 0.5) is 11.4 Å². The monoisotopic (exact) mass is 282 g/mol. The molecular weight excluding hydrogens is 268 g/mol. The van der Waals surface area contributed by atoms with Gasteiger partial charge in [-0.1, -0.05) is 0 Å². The molecule has 0 atom stereocenters. The third-order valence-electron chi connectivity index (χ3n) is 2.45. The average Bonchev–Trinajstić information content (AvgIpc) is 2.62. The Balaban J connectivity index is 2.33. The van der Waals surface area contributed by atoms with E-state index in [1.54, 1.807) is 37.3 Å². The first-order valence-corrected chi connectivity index (χ1v) is 7.64. The molecule has 0 fully saturated rings. The van der Waals surface area contributed by atoms with Crippen LogP contribution in [0.2, 0.25) is 0 Å². The van der Waals surface area contributed by atoms with Crippen LogP contribution >= 0.6 is 11.3 Å². The lowest BCUT2D eigenvalue weighted by atomic mass is 10.3. The first-order valence-electron chi connectivity index (χ1n) is 5.34. The van der Waals surface area contributed by atoms with Gasteiger partial charge in [-0.15, -0.1) is 11.3 Å². The number of thiophene rings is 1. The molecule has 0 radical (unpaired) electrons. The van der Waals surface area contributed by atoms with Crippen LogP contribution in [0.5, 0.6) is 0 Å². The Labute approximate surface area is 111 Å². The zero-order chi connectivity index (χ0) is 13.3. The van der Waals surface area contributed by atoms with Gasteiger partial charge in [0.1, 0.15) is 4.90 Å². The van der Waals surface area contributed by atoms with Gasteiger partial charge < -0.3 is 5.73 Å². The van der Waals surface area contributed by atoms with Crippen molar-refractivity contribution in [2.75, 3.05) is 10.5 Å². The van der Waals surface area contributed by atoms with Crippen LogP contribution in [0.1, 0.15) is 9.75 Å². The van der Waals surface area contributed by atoms with Crippen LogP contribution in [-0.2, 0) is 10.0 Å². The van der Waals surface area contributed by atoms with Crippen LogP contribution in [0.25, 0.3) is 0 Å². The third-order valence-corrected chi connectivity index (χ3v) is 5.05. The molecule has 0 saturated heterocycles. The van der Waals surface area contributed by atoms with Gasteiger partial charge in [0.15, 0.2) is 0 Å². The zero-order valence-corrected chi connectivity index (χ0v) is 11.7. The minimum atomic E-state index is -3.52. The van der Waals surface area contributed by atoms with Gasteiger partial charge in [-0.2, -0.15) is 0 Å². The Morgan fingerprint density at radius 1 is 1.17 bits per heavy atom. The van der Waals surface area contributed by atoms with E-state index < -0.39 is 10.0 Å². The number of hydrogen-bond acceptors (Lipinski definition) is 4. The number of anilines is 2. The number of aryl methyl sites for hydroxylation is 2. The summed E-state index contributed by atoms with van der Waals surface area (Å²) in [5.74, 6) is 0. The van der Waals surface area contributed by atoms with Gasteiger partial charge >= 0.3 is 0 Å². The molecule has 0 spiro atoms. The number of nitrogen functional groups attached to an aromatic ring is 1. The van der Waals surface area contributed by atoms with E-state index in [9.17, 15) is 8.42 Å². The van der Waals surface area contributed by atoms with Crippen molar-refractivity contribution in [2.24, 2.45) is 0 Å². The smallest absolute Gasteiger partial charge is 0.262 e. The highest BCUT2D eigenvalue weighted by atomic mass is 32.2. The van der Waals surface area contributed by atoms with E-state index in [0.29, 0.717) is 16.3 Å². The van der Waals surface area contributed by atoms with E-state index in [4.69, 9.17) is 5.73 Å². The number of benzene rings is 1. The molecule has 96 valence electrons. The maximum Gasteiger partial charge on any atom is 0.262 e. The molecule has 0 bridgehead atoms. The summed E-state index contributed by atoms with van der Waals surface area (Å²) in [6.45, 7) is 3.69. The van der Waals surface area contributed by atoms with Crippen LogP contribution in [0, 0.1) is 13.8 Å². The number of hydrogen-bond donors (Lipinski definition) is 2. The van der Waals surface area contributed by atoms with Gasteiger partial charge in [0.2, 0.25) is 0 Å². The molecule has 2 rings (SSSR count). The molecule has 6 heteroatoms. The van der Waals surface area contributed by atoms with Crippen molar-refractivity contribution in [2.45, 2.75) is 18.7 Å². The van der Waals surface area contributed by atoms with E-state index >= 15 is 0 Å². The van der Waals surface area contributed by atoms with E-state index in [2.05, 4.69) is 4.72 Å². The lowest BCUT2D eigenvalue weighted by Gasteiger charge is -2.07. The zero-order valence-electron chi connectivity index (χ0n) is 10.1. The molecular formula is C12H14N2O2S2. The van der Waals surface area contributed by atoms with Crippen LogP contribution in [0.15, 0.2) is 35.2 Å². The summed E-state index contributed by atoms with van der Waals surface area (Å²) in [5.41, 5.74) is 6.66. The first-order chi connectivity index (χ1) is 8.38. The highest BCUT2D eigenvalue weighted by molar-refractivity contribution is 7.93. The molecule has 1 aromatic carbocycles. The van der Waals surface area contributed by atoms with Gasteiger partial charge in [0.05, 0.1) is 0 Å². The summed E-state index contributed by atoms with van der Waals surface area (Å²) in [6, 6.07) is 8.27. The minimum Gasteiger partial charge on any atom is -0.399 e. The number of nitrogens with one attached hydrogen (secondary N) is 1. The summed E-state index contributed by atoms with van der Waals surface area (Å²) in [5, 5.41) is 0. The van der Waals surface area contributed by atoms with Crippen molar-refractivity contribution in [1.82, 2.24) is 0 Å². The van der Waals surface area contributed by atoms with E-state index in [1.807, 2.05) is 6.92 Å². The molecule has 0 unspecified atom stereocenters. The average molecular weight is 282 g/mol. The van der Waals surface area contributed by atoms with Crippen molar-refractivity contribution in [3.63, 3.8) is 0 Å². The minimum absolute atomic E-state index is 0.335. The van der Waals surface area contributed by atoms with Crippen molar-refractivity contribution < 1.29 is 8.42 Å². The Bertz CT molecular complexity index is 658. The Morgan fingerprint density at radius 2 is 1.78 bits per heavy atom. The second-order valence-corrected chi connectivity index (χ2v) is 7.12. The quantitative estimate of drug-likeness (QED) is 0.850. The molecule has 3 N–H and O–H groups in total. The first kappa shape index (κ1) is 12.9. The Morgan fingerprint density at radius 3 is 2.28 bits per heavy atom. The molecule has 0 aliphatic rings. The second-order valence-electron chi connectivity index (χ2n) is 4.00. The third kappa shape index (κ3) is 2.65. The predicted octanol–water partition coefficient (Wildman–Crippen LogP) is 2.75. The highest BCUT2D eigenvalue weighted by Crippen LogP contribution is 2.26. The van der Waals surface area contributed by atoms with Crippen molar-refractivity contribution in [1.29, 1.82) is 0 Å². The van der Waals surface area contributed by atoms with Crippen molar-refractivity contribution in [3.05, 3.63) is 40.1 Å². The topological polar surface area (TPSA) is 72.2 Å². The molecule has 4 nitrogen and oxygen atoms in total. The van der Waals surface area contributed by atoms with E-state index in [0.717, 1.165) is 9.75 Å². The molecule has 0 saturated carbocycles. The maximum absolute atomic E-state index is 12.2. The number of rotatable bonds is 3. The van der Waals surface area contributed by atoms with Crippen molar-refractivity contribution >= 4 is 32.7 Å². The number of nitrogens with two attached hydrogens (primary N) is 1. The van der Waals surface area contributed by atoms with Gasteiger partial charge in [-0.05, 0) is 44.2 Å². The molecule has 18 heavy (non-hydrogen) atoms. The molecule has 1 aromatic heterocycles. The number of sulfonamides is 1. The predicted molar refractivity (Wildman–Crippen MR) is 75.5 cm³/mol. The van der Waals surface area contributed by atoms with E-state index in [1.165, 1.54) is 11.3 Å². The summed E-state index contributed by atoms with van der Waals surface area (Å²) in [4.78, 5) is 2.10. The fraction of sp³-hybridized carbons (Fsp3) is 0.167. The Kier molecular flexibility index (Phi) is 3.32. The van der Waals surface area contributed by atoms with Gasteiger partial charge in [-0.3, -0.25) is 4.72 Å². The maximum atomic E-state index is 12.2. The lowest BCUT2D eigenvalue weighted by Crippen LogP contribution is -2.13. The molecule has 0 aliphatic heterocycles. The second kappa shape index (κ2) is 4.62. The largest absolute Gasteiger partial charge is 0.399 e. The summed E-state index contributed by atoms with van der Waals surface area (Å²) in [6.07, 6.45) is 0. The lowest BCUT2D eigenvalue weighted by molar-refractivity contribution is 0.601. The van der Waals surface area contributed by atoms with Crippen LogP contribution in [-0.4, -0.2) is 8.42 Å². The van der Waals surface area contributed by atoms with E-state index in [-0.39, 0.29) is 0 Å². The van der Waals surface area contributed by atoms with Crippen molar-refractivity contribution in [3.8, 4) is 0 Å². The molecule has 2 aromatic rings. The SMILES string of the molecule is Cc1cc(S(=O)(=O)Nc2ccc(N)cc2)c(C)s1. The van der Waals surface area contributed by atoms with Gasteiger partial charge in [-0.25, -0.2) is 8.42 Å². The van der Waals surface area contributed by atoms with Gasteiger partial charge in [0, 0.05) is 21.1 Å². The summed E-state index contributed by atoms with van der Waals surface area (Å²) >= 11 is 1.47. The van der Waals surface area contributed by atoms with Gasteiger partial charge in [0.25, 0.3) is 10.0 Å². The molecule has 0 aliphatic carbocycles. The standard InChI is InChI=1S/C12H14N2O2S2/c1-8-7-12(9(2)17-8)18(15,16)14-11-5-3-10(13)4-6-11/h3-7,14H,13H2,1-2H3.